The summed E-state index contributed by atoms with van der Waals surface area (Å²) in [5, 5.41) is 1.61. The predicted molar refractivity (Wildman–Crippen MR) is 86.7 cm³/mol. The van der Waals surface area contributed by atoms with Gasteiger partial charge in [0.25, 0.3) is 0 Å². The molecule has 0 saturated carbocycles. The van der Waals surface area contributed by atoms with Crippen molar-refractivity contribution in [2.45, 2.75) is 13.5 Å². The molecule has 0 saturated heterocycles. The molecule has 0 aliphatic carbocycles. The van der Waals surface area contributed by atoms with Crippen molar-refractivity contribution in [3.8, 4) is 5.75 Å². The standard InChI is InChI=1S/C17H15ClN2O/c1-11-8-17(14-9-13(19)6-7-16(14)20-11)21-10-12-4-2-3-5-15(12)18/h2-9H,10,19H2,1H3. The van der Waals surface area contributed by atoms with Crippen molar-refractivity contribution in [3.05, 3.63) is 64.8 Å². The zero-order valence-corrected chi connectivity index (χ0v) is 12.4. The van der Waals surface area contributed by atoms with Gasteiger partial charge in [0.15, 0.2) is 0 Å². The van der Waals surface area contributed by atoms with Crippen LogP contribution in [0, 0.1) is 6.92 Å². The van der Waals surface area contributed by atoms with E-state index in [1.807, 2.05) is 55.5 Å². The van der Waals surface area contributed by atoms with Crippen LogP contribution in [0.5, 0.6) is 5.75 Å². The Morgan fingerprint density at radius 3 is 2.76 bits per heavy atom. The van der Waals surface area contributed by atoms with Crippen molar-refractivity contribution >= 4 is 28.2 Å². The van der Waals surface area contributed by atoms with Crippen LogP contribution in [0.25, 0.3) is 10.9 Å². The number of hydrogen-bond donors (Lipinski definition) is 1. The van der Waals surface area contributed by atoms with Gasteiger partial charge in [-0.15, -0.1) is 0 Å². The van der Waals surface area contributed by atoms with Gasteiger partial charge >= 0.3 is 0 Å². The highest BCUT2D eigenvalue weighted by atomic mass is 35.5. The quantitative estimate of drug-likeness (QED) is 0.731. The summed E-state index contributed by atoms with van der Waals surface area (Å²) < 4.78 is 5.94. The molecule has 21 heavy (non-hydrogen) atoms. The first-order valence-electron chi connectivity index (χ1n) is 6.66. The monoisotopic (exact) mass is 298 g/mol. The molecular weight excluding hydrogens is 284 g/mol. The molecule has 0 radical (unpaired) electrons. The number of nitrogens with zero attached hydrogens (tertiary/aromatic N) is 1. The topological polar surface area (TPSA) is 48.1 Å². The highest BCUT2D eigenvalue weighted by Gasteiger charge is 2.07. The molecule has 2 aromatic carbocycles. The van der Waals surface area contributed by atoms with E-state index in [1.165, 1.54) is 0 Å². The third-order valence-electron chi connectivity index (χ3n) is 3.26. The Hall–Kier alpha value is -2.26. The van der Waals surface area contributed by atoms with E-state index in [0.29, 0.717) is 17.3 Å². The molecule has 0 bridgehead atoms. The first kappa shape index (κ1) is 13.7. The Morgan fingerprint density at radius 1 is 1.14 bits per heavy atom. The summed E-state index contributed by atoms with van der Waals surface area (Å²) in [6.07, 6.45) is 0. The molecule has 0 amide bonds. The van der Waals surface area contributed by atoms with Gasteiger partial charge in [-0.1, -0.05) is 29.8 Å². The fourth-order valence-corrected chi connectivity index (χ4v) is 2.42. The number of anilines is 1. The first-order valence-corrected chi connectivity index (χ1v) is 7.04. The van der Waals surface area contributed by atoms with Gasteiger partial charge in [0.1, 0.15) is 12.4 Å². The minimum Gasteiger partial charge on any atom is -0.488 e. The molecule has 2 N–H and O–H groups in total. The van der Waals surface area contributed by atoms with E-state index in [1.54, 1.807) is 0 Å². The summed E-state index contributed by atoms with van der Waals surface area (Å²) in [6.45, 7) is 2.35. The number of ether oxygens (including phenoxy) is 1. The number of hydrogen-bond acceptors (Lipinski definition) is 3. The van der Waals surface area contributed by atoms with Gasteiger partial charge in [-0.25, -0.2) is 0 Å². The van der Waals surface area contributed by atoms with Crippen molar-refractivity contribution in [1.29, 1.82) is 0 Å². The maximum Gasteiger partial charge on any atom is 0.131 e. The molecule has 4 heteroatoms. The molecule has 3 aromatic rings. The number of aromatic nitrogens is 1. The molecule has 0 spiro atoms. The van der Waals surface area contributed by atoms with Gasteiger partial charge in [0.2, 0.25) is 0 Å². The second kappa shape index (κ2) is 5.62. The van der Waals surface area contributed by atoms with Gasteiger partial charge < -0.3 is 10.5 Å². The Bertz CT molecular complexity index is 802. The van der Waals surface area contributed by atoms with E-state index in [9.17, 15) is 0 Å². The van der Waals surface area contributed by atoms with Crippen LogP contribution in [0.2, 0.25) is 5.02 Å². The number of nitrogen functional groups attached to an aromatic ring is 1. The Balaban J connectivity index is 1.96. The van der Waals surface area contributed by atoms with Crippen molar-refractivity contribution in [1.82, 2.24) is 4.98 Å². The molecule has 3 nitrogen and oxygen atoms in total. The number of nitrogens with two attached hydrogens (primary N) is 1. The minimum atomic E-state index is 0.410. The largest absolute Gasteiger partial charge is 0.488 e. The number of aryl methyl sites for hydroxylation is 1. The highest BCUT2D eigenvalue weighted by molar-refractivity contribution is 6.31. The number of rotatable bonds is 3. The van der Waals surface area contributed by atoms with E-state index in [4.69, 9.17) is 22.1 Å². The third-order valence-corrected chi connectivity index (χ3v) is 3.63. The Labute approximate surface area is 128 Å². The molecule has 0 aliphatic rings. The number of benzene rings is 2. The molecule has 106 valence electrons. The normalized spacial score (nSPS) is 10.8. The number of fused-ring (bicyclic) bond motifs is 1. The number of pyridine rings is 1. The summed E-state index contributed by atoms with van der Waals surface area (Å²) in [7, 11) is 0. The maximum absolute atomic E-state index is 6.15. The molecule has 0 fully saturated rings. The average Bonchev–Trinajstić information content (AvgIpc) is 2.47. The summed E-state index contributed by atoms with van der Waals surface area (Å²) >= 11 is 6.15. The molecule has 1 aromatic heterocycles. The van der Waals surface area contributed by atoms with Gasteiger partial charge in [-0.05, 0) is 31.2 Å². The molecule has 0 atom stereocenters. The van der Waals surface area contributed by atoms with Gasteiger partial charge in [-0.2, -0.15) is 0 Å². The molecular formula is C17H15ClN2O. The van der Waals surface area contributed by atoms with Gasteiger partial charge in [0.05, 0.1) is 5.52 Å². The molecule has 1 heterocycles. The van der Waals surface area contributed by atoms with Crippen LogP contribution < -0.4 is 10.5 Å². The Morgan fingerprint density at radius 2 is 1.95 bits per heavy atom. The van der Waals surface area contributed by atoms with Crippen molar-refractivity contribution < 1.29 is 4.74 Å². The van der Waals surface area contributed by atoms with E-state index in [2.05, 4.69) is 4.98 Å². The van der Waals surface area contributed by atoms with Gasteiger partial charge in [-0.3, -0.25) is 4.98 Å². The lowest BCUT2D eigenvalue weighted by Crippen LogP contribution is -1.98. The SMILES string of the molecule is Cc1cc(OCc2ccccc2Cl)c2cc(N)ccc2n1. The van der Waals surface area contributed by atoms with Crippen LogP contribution in [-0.2, 0) is 6.61 Å². The second-order valence-electron chi connectivity index (χ2n) is 4.92. The Kier molecular flexibility index (Phi) is 3.67. The minimum absolute atomic E-state index is 0.410. The summed E-state index contributed by atoms with van der Waals surface area (Å²) in [6, 6.07) is 15.2. The van der Waals surface area contributed by atoms with Crippen LogP contribution in [0.15, 0.2) is 48.5 Å². The van der Waals surface area contributed by atoms with E-state index in [-0.39, 0.29) is 0 Å². The average molecular weight is 299 g/mol. The number of halogens is 1. The van der Waals surface area contributed by atoms with E-state index < -0.39 is 0 Å². The van der Waals surface area contributed by atoms with Crippen LogP contribution in [-0.4, -0.2) is 4.98 Å². The molecule has 3 rings (SSSR count). The summed E-state index contributed by atoms with van der Waals surface area (Å²) in [4.78, 5) is 4.49. The van der Waals surface area contributed by atoms with Crippen LogP contribution in [0.3, 0.4) is 0 Å². The molecule has 0 unspecified atom stereocenters. The lowest BCUT2D eigenvalue weighted by molar-refractivity contribution is 0.309. The fourth-order valence-electron chi connectivity index (χ4n) is 2.23. The lowest BCUT2D eigenvalue weighted by Gasteiger charge is -2.11. The van der Waals surface area contributed by atoms with Crippen molar-refractivity contribution in [2.75, 3.05) is 5.73 Å². The van der Waals surface area contributed by atoms with Crippen molar-refractivity contribution in [3.63, 3.8) is 0 Å². The van der Waals surface area contributed by atoms with Crippen LogP contribution >= 0.6 is 11.6 Å². The van der Waals surface area contributed by atoms with Crippen LogP contribution in [0.1, 0.15) is 11.3 Å². The zero-order chi connectivity index (χ0) is 14.8. The van der Waals surface area contributed by atoms with Gasteiger partial charge in [0, 0.05) is 33.4 Å². The van der Waals surface area contributed by atoms with Crippen molar-refractivity contribution in [2.24, 2.45) is 0 Å². The van der Waals surface area contributed by atoms with E-state index in [0.717, 1.165) is 27.9 Å². The second-order valence-corrected chi connectivity index (χ2v) is 5.33. The summed E-state index contributed by atoms with van der Waals surface area (Å²) in [5.41, 5.74) is 9.28. The predicted octanol–water partition coefficient (Wildman–Crippen LogP) is 4.36. The summed E-state index contributed by atoms with van der Waals surface area (Å²) in [5.74, 6) is 0.768. The van der Waals surface area contributed by atoms with E-state index >= 15 is 0 Å². The maximum atomic E-state index is 6.15. The first-order chi connectivity index (χ1) is 10.1. The third kappa shape index (κ3) is 2.93. The zero-order valence-electron chi connectivity index (χ0n) is 11.6. The fraction of sp³-hybridized carbons (Fsp3) is 0.118. The lowest BCUT2D eigenvalue weighted by atomic mass is 10.1. The van der Waals surface area contributed by atoms with Crippen LogP contribution in [0.4, 0.5) is 5.69 Å². The smallest absolute Gasteiger partial charge is 0.131 e. The highest BCUT2D eigenvalue weighted by Crippen LogP contribution is 2.28. The molecule has 0 aliphatic heterocycles.